The molecule has 0 aliphatic carbocycles. The quantitative estimate of drug-likeness (QED) is 0.747. The molecule has 2 rings (SSSR count). The van der Waals surface area contributed by atoms with Crippen molar-refractivity contribution in [3.8, 4) is 12.3 Å². The minimum atomic E-state index is 0.607. The van der Waals surface area contributed by atoms with Crippen molar-refractivity contribution in [1.29, 1.82) is 0 Å². The maximum absolute atomic E-state index is 5.33. The second-order valence-electron chi connectivity index (χ2n) is 5.06. The second kappa shape index (κ2) is 6.58. The van der Waals surface area contributed by atoms with E-state index in [1.807, 2.05) is 0 Å². The Morgan fingerprint density at radius 1 is 1.28 bits per heavy atom. The van der Waals surface area contributed by atoms with Crippen molar-refractivity contribution in [2.24, 2.45) is 0 Å². The molecule has 2 heteroatoms. The molecule has 1 saturated heterocycles. The molecule has 1 aliphatic rings. The zero-order valence-corrected chi connectivity index (χ0v) is 11.2. The molecule has 0 saturated carbocycles. The Hall–Kier alpha value is -1.30. The van der Waals surface area contributed by atoms with Gasteiger partial charge < -0.3 is 0 Å². The van der Waals surface area contributed by atoms with Gasteiger partial charge in [-0.05, 0) is 12.5 Å². The van der Waals surface area contributed by atoms with E-state index in [0.29, 0.717) is 6.04 Å². The largest absolute Gasteiger partial charge is 0.297 e. The van der Waals surface area contributed by atoms with Crippen LogP contribution in [0.5, 0.6) is 0 Å². The number of nitrogens with zero attached hydrogens (tertiary/aromatic N) is 2. The number of hydrogen-bond donors (Lipinski definition) is 0. The van der Waals surface area contributed by atoms with Crippen molar-refractivity contribution in [2.75, 3.05) is 26.2 Å². The maximum atomic E-state index is 5.33. The highest BCUT2D eigenvalue weighted by atomic mass is 15.3. The van der Waals surface area contributed by atoms with Gasteiger partial charge in [0.15, 0.2) is 0 Å². The Bertz CT molecular complexity index is 393. The van der Waals surface area contributed by atoms with Gasteiger partial charge in [0.2, 0.25) is 0 Å². The van der Waals surface area contributed by atoms with E-state index in [2.05, 4.69) is 53.0 Å². The number of benzene rings is 1. The van der Waals surface area contributed by atoms with Crippen LogP contribution in [0.15, 0.2) is 30.3 Å². The average Bonchev–Trinajstić information content (AvgIpc) is 2.39. The highest BCUT2D eigenvalue weighted by Gasteiger charge is 2.22. The molecule has 96 valence electrons. The molecule has 1 aromatic carbocycles. The van der Waals surface area contributed by atoms with E-state index in [-0.39, 0.29) is 0 Å². The standard InChI is InChI=1S/C16H22N2/c1-3-4-10-18-12-11-17(13-15(18)2)14-16-8-6-5-7-9-16/h1,5-9,15H,4,10-14H2,2H3. The topological polar surface area (TPSA) is 6.48 Å². The first-order valence-corrected chi connectivity index (χ1v) is 6.73. The molecule has 0 amide bonds. The molecule has 1 atom stereocenters. The summed E-state index contributed by atoms with van der Waals surface area (Å²) in [4.78, 5) is 5.04. The normalized spacial score (nSPS) is 21.7. The molecule has 1 unspecified atom stereocenters. The summed E-state index contributed by atoms with van der Waals surface area (Å²) in [5.41, 5.74) is 1.40. The molecule has 18 heavy (non-hydrogen) atoms. The van der Waals surface area contributed by atoms with Gasteiger partial charge in [-0.25, -0.2) is 0 Å². The second-order valence-corrected chi connectivity index (χ2v) is 5.06. The van der Waals surface area contributed by atoms with Crippen LogP contribution >= 0.6 is 0 Å². The van der Waals surface area contributed by atoms with Crippen molar-refractivity contribution in [3.63, 3.8) is 0 Å². The van der Waals surface area contributed by atoms with Crippen LogP contribution in [0.1, 0.15) is 18.9 Å². The van der Waals surface area contributed by atoms with Crippen LogP contribution in [0, 0.1) is 12.3 Å². The summed E-state index contributed by atoms with van der Waals surface area (Å²) in [6.45, 7) is 7.82. The summed E-state index contributed by atoms with van der Waals surface area (Å²) >= 11 is 0. The summed E-state index contributed by atoms with van der Waals surface area (Å²) in [5, 5.41) is 0. The van der Waals surface area contributed by atoms with Crippen molar-refractivity contribution in [1.82, 2.24) is 9.80 Å². The first-order valence-electron chi connectivity index (χ1n) is 6.73. The van der Waals surface area contributed by atoms with Gasteiger partial charge in [-0.2, -0.15) is 0 Å². The molecule has 1 aliphatic heterocycles. The molecule has 2 nitrogen and oxygen atoms in total. The van der Waals surface area contributed by atoms with E-state index in [4.69, 9.17) is 6.42 Å². The van der Waals surface area contributed by atoms with Crippen LogP contribution in [-0.2, 0) is 6.54 Å². The minimum Gasteiger partial charge on any atom is -0.297 e. The van der Waals surface area contributed by atoms with Gasteiger partial charge in [0.25, 0.3) is 0 Å². The summed E-state index contributed by atoms with van der Waals surface area (Å²) < 4.78 is 0. The van der Waals surface area contributed by atoms with Gasteiger partial charge in [-0.15, -0.1) is 12.3 Å². The van der Waals surface area contributed by atoms with Gasteiger partial charge in [0.05, 0.1) is 0 Å². The molecule has 0 bridgehead atoms. The van der Waals surface area contributed by atoms with E-state index >= 15 is 0 Å². The van der Waals surface area contributed by atoms with Crippen LogP contribution in [0.2, 0.25) is 0 Å². The number of hydrogen-bond acceptors (Lipinski definition) is 2. The fourth-order valence-electron chi connectivity index (χ4n) is 2.60. The smallest absolute Gasteiger partial charge is 0.0234 e. The van der Waals surface area contributed by atoms with Crippen molar-refractivity contribution in [3.05, 3.63) is 35.9 Å². The SMILES string of the molecule is C#CCCN1CCN(Cc2ccccc2)CC1C. The van der Waals surface area contributed by atoms with Crippen LogP contribution in [0.25, 0.3) is 0 Å². The van der Waals surface area contributed by atoms with E-state index in [9.17, 15) is 0 Å². The third kappa shape index (κ3) is 3.60. The van der Waals surface area contributed by atoms with Gasteiger partial charge in [-0.1, -0.05) is 30.3 Å². The van der Waals surface area contributed by atoms with Crippen LogP contribution in [0.3, 0.4) is 0 Å². The van der Waals surface area contributed by atoms with Gasteiger partial charge in [0, 0.05) is 45.2 Å². The predicted molar refractivity (Wildman–Crippen MR) is 76.2 cm³/mol. The lowest BCUT2D eigenvalue weighted by Gasteiger charge is -2.39. The number of piperazine rings is 1. The Morgan fingerprint density at radius 3 is 2.72 bits per heavy atom. The Balaban J connectivity index is 1.83. The zero-order chi connectivity index (χ0) is 12.8. The van der Waals surface area contributed by atoms with Crippen molar-refractivity contribution < 1.29 is 0 Å². The Morgan fingerprint density at radius 2 is 2.06 bits per heavy atom. The van der Waals surface area contributed by atoms with Gasteiger partial charge in [-0.3, -0.25) is 9.80 Å². The van der Waals surface area contributed by atoms with Gasteiger partial charge in [0.1, 0.15) is 0 Å². The summed E-state index contributed by atoms with van der Waals surface area (Å²) in [5.74, 6) is 2.73. The Labute approximate surface area is 111 Å². The first-order chi connectivity index (χ1) is 8.79. The predicted octanol–water partition coefficient (Wildman–Crippen LogP) is 2.22. The summed E-state index contributed by atoms with van der Waals surface area (Å²) in [6, 6.07) is 11.3. The number of rotatable bonds is 4. The summed E-state index contributed by atoms with van der Waals surface area (Å²) in [6.07, 6.45) is 6.20. The van der Waals surface area contributed by atoms with E-state index in [1.54, 1.807) is 0 Å². The third-order valence-corrected chi connectivity index (χ3v) is 3.64. The molecule has 0 radical (unpaired) electrons. The molecule has 1 aromatic rings. The van der Waals surface area contributed by atoms with Crippen LogP contribution < -0.4 is 0 Å². The highest BCUT2D eigenvalue weighted by molar-refractivity contribution is 5.14. The summed E-state index contributed by atoms with van der Waals surface area (Å²) in [7, 11) is 0. The van der Waals surface area contributed by atoms with Gasteiger partial charge >= 0.3 is 0 Å². The minimum absolute atomic E-state index is 0.607. The average molecular weight is 242 g/mol. The molecular formula is C16H22N2. The monoisotopic (exact) mass is 242 g/mol. The lowest BCUT2D eigenvalue weighted by atomic mass is 10.1. The lowest BCUT2D eigenvalue weighted by Crippen LogP contribution is -2.51. The van der Waals surface area contributed by atoms with E-state index < -0.39 is 0 Å². The fourth-order valence-corrected chi connectivity index (χ4v) is 2.60. The molecule has 1 heterocycles. The van der Waals surface area contributed by atoms with Crippen LogP contribution in [0.4, 0.5) is 0 Å². The number of terminal acetylenes is 1. The highest BCUT2D eigenvalue weighted by Crippen LogP contribution is 2.13. The maximum Gasteiger partial charge on any atom is 0.0234 e. The molecule has 0 spiro atoms. The van der Waals surface area contributed by atoms with E-state index in [0.717, 1.165) is 39.1 Å². The first kappa shape index (κ1) is 13.1. The Kier molecular flexibility index (Phi) is 4.81. The molecule has 1 fully saturated rings. The lowest BCUT2D eigenvalue weighted by molar-refractivity contribution is 0.0809. The third-order valence-electron chi connectivity index (χ3n) is 3.64. The molecule has 0 aromatic heterocycles. The fraction of sp³-hybridized carbons (Fsp3) is 0.500. The molecule has 0 N–H and O–H groups in total. The zero-order valence-electron chi connectivity index (χ0n) is 11.2. The van der Waals surface area contributed by atoms with E-state index in [1.165, 1.54) is 5.56 Å². The van der Waals surface area contributed by atoms with Crippen molar-refractivity contribution >= 4 is 0 Å². The molecular weight excluding hydrogens is 220 g/mol. The van der Waals surface area contributed by atoms with Crippen LogP contribution in [-0.4, -0.2) is 42.0 Å². The van der Waals surface area contributed by atoms with Crippen molar-refractivity contribution in [2.45, 2.75) is 25.9 Å².